The predicted octanol–water partition coefficient (Wildman–Crippen LogP) is 2.82. The van der Waals surface area contributed by atoms with Gasteiger partial charge in [-0.3, -0.25) is 14.4 Å². The summed E-state index contributed by atoms with van der Waals surface area (Å²) in [6, 6.07) is 2.21. The van der Waals surface area contributed by atoms with E-state index in [1.165, 1.54) is 11.0 Å². The average molecular weight is 384 g/mol. The van der Waals surface area contributed by atoms with Crippen LogP contribution in [0.25, 0.3) is 0 Å². The van der Waals surface area contributed by atoms with Crippen LogP contribution in [-0.4, -0.2) is 35.5 Å². The molecule has 0 radical (unpaired) electrons. The number of halogens is 3. The van der Waals surface area contributed by atoms with E-state index in [-0.39, 0.29) is 23.6 Å². The zero-order chi connectivity index (χ0) is 19.8. The van der Waals surface area contributed by atoms with E-state index in [1.54, 1.807) is 0 Å². The molecule has 2 fully saturated rings. The molecule has 1 aromatic rings. The summed E-state index contributed by atoms with van der Waals surface area (Å²) >= 11 is 0. The number of hydrogen-bond donors (Lipinski definition) is 2. The molecule has 0 spiro atoms. The Balaban J connectivity index is 1.90. The second-order valence-corrected chi connectivity index (χ2v) is 6.87. The van der Waals surface area contributed by atoms with Gasteiger partial charge in [-0.05, 0) is 37.5 Å². The van der Waals surface area contributed by atoms with Crippen molar-refractivity contribution in [3.63, 3.8) is 0 Å². The summed E-state index contributed by atoms with van der Waals surface area (Å²) in [7, 11) is 0. The molecule has 1 aromatic carbocycles. The molecule has 0 bridgehead atoms. The van der Waals surface area contributed by atoms with Gasteiger partial charge in [0.1, 0.15) is 0 Å². The van der Waals surface area contributed by atoms with Gasteiger partial charge in [-0.2, -0.15) is 13.2 Å². The van der Waals surface area contributed by atoms with Crippen molar-refractivity contribution in [2.24, 2.45) is 5.92 Å². The molecule has 1 saturated carbocycles. The standard InChI is InChI=1S/C18H19F3N2O4/c19-18(20,21)11-7-10(8-12(9-11)23-6-2-5-15(23)24)16(25)22-14-4-1-3-13(14)17(26)27/h7-9,13-14H,1-6H2,(H,22,25)(H,26,27)/t13-,14+/m1/s1. The summed E-state index contributed by atoms with van der Waals surface area (Å²) in [6.07, 6.45) is -2.39. The van der Waals surface area contributed by atoms with E-state index in [1.807, 2.05) is 0 Å². The highest BCUT2D eigenvalue weighted by Crippen LogP contribution is 2.34. The number of amides is 2. The van der Waals surface area contributed by atoms with Crippen LogP contribution in [0.3, 0.4) is 0 Å². The molecule has 0 unspecified atom stereocenters. The van der Waals surface area contributed by atoms with Crippen LogP contribution in [0.4, 0.5) is 18.9 Å². The van der Waals surface area contributed by atoms with Crippen molar-refractivity contribution in [2.75, 3.05) is 11.4 Å². The van der Waals surface area contributed by atoms with E-state index < -0.39 is 35.6 Å². The lowest BCUT2D eigenvalue weighted by atomic mass is 10.0. The highest BCUT2D eigenvalue weighted by atomic mass is 19.4. The van der Waals surface area contributed by atoms with Crippen LogP contribution < -0.4 is 10.2 Å². The molecular weight excluding hydrogens is 365 g/mol. The lowest BCUT2D eigenvalue weighted by Gasteiger charge is -2.21. The molecule has 2 aliphatic rings. The van der Waals surface area contributed by atoms with Gasteiger partial charge in [-0.1, -0.05) is 6.42 Å². The number of nitrogens with zero attached hydrogens (tertiary/aromatic N) is 1. The fourth-order valence-electron chi connectivity index (χ4n) is 3.66. The third kappa shape index (κ3) is 4.06. The molecule has 0 aromatic heterocycles. The molecule has 3 rings (SSSR count). The number of nitrogens with one attached hydrogen (secondary N) is 1. The lowest BCUT2D eigenvalue weighted by Crippen LogP contribution is -2.40. The summed E-state index contributed by atoms with van der Waals surface area (Å²) in [4.78, 5) is 36.9. The fourth-order valence-corrected chi connectivity index (χ4v) is 3.66. The first-order chi connectivity index (χ1) is 12.7. The van der Waals surface area contributed by atoms with Gasteiger partial charge in [0, 0.05) is 30.3 Å². The Hall–Kier alpha value is -2.58. The van der Waals surface area contributed by atoms with Crippen molar-refractivity contribution in [1.29, 1.82) is 0 Å². The van der Waals surface area contributed by atoms with Crippen LogP contribution >= 0.6 is 0 Å². The number of benzene rings is 1. The molecule has 6 nitrogen and oxygen atoms in total. The smallest absolute Gasteiger partial charge is 0.416 e. The number of carbonyl (C=O) groups excluding carboxylic acids is 2. The first-order valence-electron chi connectivity index (χ1n) is 8.73. The van der Waals surface area contributed by atoms with E-state index in [9.17, 15) is 32.7 Å². The Morgan fingerprint density at radius 2 is 1.89 bits per heavy atom. The Morgan fingerprint density at radius 3 is 2.48 bits per heavy atom. The van der Waals surface area contributed by atoms with Gasteiger partial charge in [-0.15, -0.1) is 0 Å². The molecule has 2 amide bonds. The maximum atomic E-state index is 13.3. The van der Waals surface area contributed by atoms with Gasteiger partial charge in [0.2, 0.25) is 5.91 Å². The summed E-state index contributed by atoms with van der Waals surface area (Å²) in [5.41, 5.74) is -1.24. The minimum atomic E-state index is -4.68. The Morgan fingerprint density at radius 1 is 1.15 bits per heavy atom. The summed E-state index contributed by atoms with van der Waals surface area (Å²) in [6.45, 7) is 0.297. The molecule has 1 saturated heterocycles. The van der Waals surface area contributed by atoms with E-state index in [2.05, 4.69) is 5.32 Å². The number of anilines is 1. The number of carbonyl (C=O) groups is 3. The topological polar surface area (TPSA) is 86.7 Å². The minimum Gasteiger partial charge on any atom is -0.481 e. The number of carboxylic acid groups (broad SMARTS) is 1. The monoisotopic (exact) mass is 384 g/mol. The van der Waals surface area contributed by atoms with Gasteiger partial charge in [0.15, 0.2) is 0 Å². The average Bonchev–Trinajstić information content (AvgIpc) is 3.22. The third-order valence-electron chi connectivity index (χ3n) is 5.04. The van der Waals surface area contributed by atoms with Gasteiger partial charge in [0.25, 0.3) is 5.91 Å². The molecule has 1 aliphatic heterocycles. The normalized spacial score (nSPS) is 22.9. The molecule has 9 heteroatoms. The first-order valence-corrected chi connectivity index (χ1v) is 8.73. The quantitative estimate of drug-likeness (QED) is 0.836. The molecule has 1 heterocycles. The van der Waals surface area contributed by atoms with Crippen molar-refractivity contribution in [3.05, 3.63) is 29.3 Å². The van der Waals surface area contributed by atoms with Crippen LogP contribution in [0.2, 0.25) is 0 Å². The highest BCUT2D eigenvalue weighted by Gasteiger charge is 2.36. The molecule has 27 heavy (non-hydrogen) atoms. The zero-order valence-electron chi connectivity index (χ0n) is 14.4. The summed E-state index contributed by atoms with van der Waals surface area (Å²) < 4.78 is 39.8. The molecule has 2 atom stereocenters. The number of carboxylic acids is 1. The SMILES string of the molecule is O=C(N[C@H]1CCC[C@H]1C(=O)O)c1cc(N2CCCC2=O)cc(C(F)(F)F)c1. The van der Waals surface area contributed by atoms with Crippen LogP contribution in [0.5, 0.6) is 0 Å². The van der Waals surface area contributed by atoms with Crippen molar-refractivity contribution in [1.82, 2.24) is 5.32 Å². The maximum absolute atomic E-state index is 13.3. The molecular formula is C18H19F3N2O4. The van der Waals surface area contributed by atoms with Gasteiger partial charge in [0.05, 0.1) is 11.5 Å². The summed E-state index contributed by atoms with van der Waals surface area (Å²) in [5.74, 6) is -2.85. The Bertz CT molecular complexity index is 778. The van der Waals surface area contributed by atoms with Gasteiger partial charge >= 0.3 is 12.1 Å². The van der Waals surface area contributed by atoms with Crippen LogP contribution in [0.1, 0.15) is 48.0 Å². The fraction of sp³-hybridized carbons (Fsp3) is 0.500. The molecule has 1 aliphatic carbocycles. The number of rotatable bonds is 4. The van der Waals surface area contributed by atoms with Crippen molar-refractivity contribution >= 4 is 23.5 Å². The van der Waals surface area contributed by atoms with E-state index >= 15 is 0 Å². The highest BCUT2D eigenvalue weighted by molar-refractivity contribution is 5.99. The Labute approximate surface area is 153 Å². The van der Waals surface area contributed by atoms with Crippen LogP contribution in [0.15, 0.2) is 18.2 Å². The predicted molar refractivity (Wildman–Crippen MR) is 89.3 cm³/mol. The van der Waals surface area contributed by atoms with Gasteiger partial charge < -0.3 is 15.3 Å². The second-order valence-electron chi connectivity index (χ2n) is 6.87. The third-order valence-corrected chi connectivity index (χ3v) is 5.04. The zero-order valence-corrected chi connectivity index (χ0v) is 14.4. The number of alkyl halides is 3. The summed E-state index contributed by atoms with van der Waals surface area (Å²) in [5, 5.41) is 11.7. The van der Waals surface area contributed by atoms with Gasteiger partial charge in [-0.25, -0.2) is 0 Å². The maximum Gasteiger partial charge on any atom is 0.416 e. The second kappa shape index (κ2) is 7.21. The van der Waals surface area contributed by atoms with Crippen molar-refractivity contribution in [3.8, 4) is 0 Å². The van der Waals surface area contributed by atoms with Crippen LogP contribution in [-0.2, 0) is 15.8 Å². The largest absolute Gasteiger partial charge is 0.481 e. The number of aliphatic carboxylic acids is 1. The van der Waals surface area contributed by atoms with Crippen molar-refractivity contribution < 1.29 is 32.7 Å². The minimum absolute atomic E-state index is 0.0266. The Kier molecular flexibility index (Phi) is 5.12. The van der Waals surface area contributed by atoms with E-state index in [4.69, 9.17) is 0 Å². The van der Waals surface area contributed by atoms with E-state index in [0.717, 1.165) is 12.1 Å². The van der Waals surface area contributed by atoms with Crippen LogP contribution in [0, 0.1) is 5.92 Å². The van der Waals surface area contributed by atoms with E-state index in [0.29, 0.717) is 32.2 Å². The molecule has 2 N–H and O–H groups in total. The van der Waals surface area contributed by atoms with Crippen molar-refractivity contribution in [2.45, 2.75) is 44.3 Å². The first kappa shape index (κ1) is 19.2. The lowest BCUT2D eigenvalue weighted by molar-refractivity contribution is -0.142. The molecule has 146 valence electrons. The number of hydrogen-bond acceptors (Lipinski definition) is 3.